The minimum Gasteiger partial charge on any atom is -0.497 e. The maximum Gasteiger partial charge on any atom is 0.256 e. The van der Waals surface area contributed by atoms with Crippen molar-refractivity contribution in [1.29, 1.82) is 0 Å². The Bertz CT molecular complexity index is 631. The van der Waals surface area contributed by atoms with E-state index >= 15 is 0 Å². The van der Waals surface area contributed by atoms with E-state index in [0.29, 0.717) is 11.7 Å². The highest BCUT2D eigenvalue weighted by Gasteiger charge is 2.12. The van der Waals surface area contributed by atoms with Crippen LogP contribution >= 0.6 is 11.8 Å². The van der Waals surface area contributed by atoms with Gasteiger partial charge in [-0.05, 0) is 24.0 Å². The predicted molar refractivity (Wildman–Crippen MR) is 82.4 cm³/mol. The van der Waals surface area contributed by atoms with Gasteiger partial charge < -0.3 is 15.8 Å². The van der Waals surface area contributed by atoms with Crippen molar-refractivity contribution in [2.45, 2.75) is 11.7 Å². The number of rotatable bonds is 5. The first-order valence-electron chi connectivity index (χ1n) is 6.21. The molecule has 0 radical (unpaired) electrons. The molecule has 6 nitrogen and oxygen atoms in total. The second-order valence-corrected chi connectivity index (χ2v) is 4.96. The van der Waals surface area contributed by atoms with Crippen molar-refractivity contribution in [3.05, 3.63) is 41.6 Å². The highest BCUT2D eigenvalue weighted by molar-refractivity contribution is 7.98. The van der Waals surface area contributed by atoms with Gasteiger partial charge in [0.1, 0.15) is 11.6 Å². The van der Waals surface area contributed by atoms with Gasteiger partial charge >= 0.3 is 0 Å². The lowest BCUT2D eigenvalue weighted by molar-refractivity contribution is 0.0951. The van der Waals surface area contributed by atoms with Gasteiger partial charge in [0.15, 0.2) is 5.16 Å². The van der Waals surface area contributed by atoms with Crippen LogP contribution in [0.5, 0.6) is 5.75 Å². The minimum absolute atomic E-state index is 0.182. The second-order valence-electron chi connectivity index (χ2n) is 4.19. The van der Waals surface area contributed by atoms with Gasteiger partial charge in [0.05, 0.1) is 12.7 Å². The van der Waals surface area contributed by atoms with E-state index < -0.39 is 0 Å². The van der Waals surface area contributed by atoms with Crippen LogP contribution in [0, 0.1) is 0 Å². The zero-order valence-electron chi connectivity index (χ0n) is 11.8. The van der Waals surface area contributed by atoms with Crippen molar-refractivity contribution in [2.24, 2.45) is 0 Å². The summed E-state index contributed by atoms with van der Waals surface area (Å²) < 4.78 is 5.08. The quantitative estimate of drug-likeness (QED) is 0.645. The number of nitrogens with zero attached hydrogens (tertiary/aromatic N) is 2. The molecule has 1 heterocycles. The third-order valence-corrected chi connectivity index (χ3v) is 3.40. The molecule has 1 aromatic heterocycles. The molecule has 110 valence electrons. The fourth-order valence-corrected chi connectivity index (χ4v) is 2.02. The van der Waals surface area contributed by atoms with Gasteiger partial charge in [-0.15, -0.1) is 0 Å². The molecule has 3 N–H and O–H groups in total. The van der Waals surface area contributed by atoms with E-state index in [1.54, 1.807) is 7.11 Å². The number of thioether (sulfide) groups is 1. The molecule has 0 aliphatic rings. The number of ether oxygens (including phenoxy) is 1. The monoisotopic (exact) mass is 304 g/mol. The minimum atomic E-state index is -0.295. The number of nitrogen functional groups attached to an aromatic ring is 1. The Morgan fingerprint density at radius 3 is 2.67 bits per heavy atom. The van der Waals surface area contributed by atoms with Gasteiger partial charge in [0.2, 0.25) is 0 Å². The highest BCUT2D eigenvalue weighted by atomic mass is 32.2. The predicted octanol–water partition coefficient (Wildman–Crippen LogP) is 1.72. The molecular formula is C14H16N4O2S. The fraction of sp³-hybridized carbons (Fsp3) is 0.214. The molecular weight excluding hydrogens is 288 g/mol. The van der Waals surface area contributed by atoms with Gasteiger partial charge in [0.25, 0.3) is 5.91 Å². The number of anilines is 1. The first-order chi connectivity index (χ1) is 10.1. The van der Waals surface area contributed by atoms with Crippen LogP contribution in [0.25, 0.3) is 0 Å². The Kier molecular flexibility index (Phi) is 4.99. The van der Waals surface area contributed by atoms with E-state index in [4.69, 9.17) is 10.5 Å². The first-order valence-corrected chi connectivity index (χ1v) is 7.44. The Labute approximate surface area is 127 Å². The molecule has 0 saturated carbocycles. The van der Waals surface area contributed by atoms with Crippen LogP contribution in [-0.4, -0.2) is 29.2 Å². The van der Waals surface area contributed by atoms with Crippen LogP contribution in [0.3, 0.4) is 0 Å². The van der Waals surface area contributed by atoms with Crippen molar-refractivity contribution < 1.29 is 9.53 Å². The number of hydrogen-bond donors (Lipinski definition) is 2. The maximum atomic E-state index is 12.1. The smallest absolute Gasteiger partial charge is 0.256 e. The molecule has 0 aliphatic carbocycles. The lowest BCUT2D eigenvalue weighted by Gasteiger charge is -2.08. The molecule has 2 rings (SSSR count). The summed E-state index contributed by atoms with van der Waals surface area (Å²) in [6.45, 7) is 0.395. The van der Waals surface area contributed by atoms with Gasteiger partial charge in [-0.2, -0.15) is 0 Å². The van der Waals surface area contributed by atoms with E-state index in [1.807, 2.05) is 30.5 Å². The lowest BCUT2D eigenvalue weighted by Crippen LogP contribution is -2.24. The number of carbonyl (C=O) groups is 1. The summed E-state index contributed by atoms with van der Waals surface area (Å²) in [5.41, 5.74) is 7.00. The Hall–Kier alpha value is -2.28. The van der Waals surface area contributed by atoms with Gasteiger partial charge in [-0.3, -0.25) is 4.79 Å². The summed E-state index contributed by atoms with van der Waals surface area (Å²) in [5.74, 6) is 0.660. The molecule has 0 atom stereocenters. The van der Waals surface area contributed by atoms with Crippen LogP contribution in [0.1, 0.15) is 15.9 Å². The average Bonchev–Trinajstić information content (AvgIpc) is 2.52. The summed E-state index contributed by atoms with van der Waals surface area (Å²) in [7, 11) is 1.61. The molecule has 0 bridgehead atoms. The maximum absolute atomic E-state index is 12.1. The molecule has 21 heavy (non-hydrogen) atoms. The summed E-state index contributed by atoms with van der Waals surface area (Å²) in [4.78, 5) is 20.2. The van der Waals surface area contributed by atoms with Crippen molar-refractivity contribution >= 4 is 23.5 Å². The van der Waals surface area contributed by atoms with Crippen molar-refractivity contribution in [3.63, 3.8) is 0 Å². The van der Waals surface area contributed by atoms with Gasteiger partial charge in [-0.25, -0.2) is 9.97 Å². The SMILES string of the molecule is COc1ccc(CNC(=O)c2cnc(SC)nc2N)cc1. The Balaban J connectivity index is 2.00. The van der Waals surface area contributed by atoms with Gasteiger partial charge in [0, 0.05) is 12.7 Å². The van der Waals surface area contributed by atoms with Crippen molar-refractivity contribution in [3.8, 4) is 5.75 Å². The van der Waals surface area contributed by atoms with Crippen LogP contribution in [0.15, 0.2) is 35.6 Å². The summed E-state index contributed by atoms with van der Waals surface area (Å²) in [6, 6.07) is 7.45. The number of carbonyl (C=O) groups excluding carboxylic acids is 1. The lowest BCUT2D eigenvalue weighted by atomic mass is 10.2. The van der Waals surface area contributed by atoms with Crippen molar-refractivity contribution in [2.75, 3.05) is 19.1 Å². The molecule has 0 saturated heterocycles. The number of aromatic nitrogens is 2. The summed E-state index contributed by atoms with van der Waals surface area (Å²) in [5, 5.41) is 3.33. The number of benzene rings is 1. The molecule has 0 spiro atoms. The van der Waals surface area contributed by atoms with Crippen LogP contribution < -0.4 is 15.8 Å². The Morgan fingerprint density at radius 1 is 1.38 bits per heavy atom. The zero-order valence-corrected chi connectivity index (χ0v) is 12.6. The van der Waals surface area contributed by atoms with Crippen molar-refractivity contribution in [1.82, 2.24) is 15.3 Å². The van der Waals surface area contributed by atoms with E-state index in [9.17, 15) is 4.79 Å². The molecule has 0 aliphatic heterocycles. The number of amides is 1. The topological polar surface area (TPSA) is 90.1 Å². The largest absolute Gasteiger partial charge is 0.497 e. The first kappa shape index (κ1) is 15.1. The Morgan fingerprint density at radius 2 is 2.10 bits per heavy atom. The van der Waals surface area contributed by atoms with E-state index in [0.717, 1.165) is 11.3 Å². The third-order valence-electron chi connectivity index (χ3n) is 2.84. The second kappa shape index (κ2) is 6.94. The zero-order chi connectivity index (χ0) is 15.2. The van der Waals surface area contributed by atoms with Crippen LogP contribution in [-0.2, 0) is 6.54 Å². The van der Waals surface area contributed by atoms with E-state index in [2.05, 4.69) is 15.3 Å². The molecule has 0 fully saturated rings. The van der Waals surface area contributed by atoms with Crippen LogP contribution in [0.4, 0.5) is 5.82 Å². The standard InChI is InChI=1S/C14H16N4O2S/c1-20-10-5-3-9(4-6-10)7-16-13(19)11-8-17-14(21-2)18-12(11)15/h3-6,8H,7H2,1-2H3,(H,16,19)(H2,15,17,18). The number of hydrogen-bond acceptors (Lipinski definition) is 6. The normalized spacial score (nSPS) is 10.2. The molecule has 1 aromatic carbocycles. The molecule has 7 heteroatoms. The fourth-order valence-electron chi connectivity index (χ4n) is 1.67. The summed E-state index contributed by atoms with van der Waals surface area (Å²) in [6.07, 6.45) is 3.29. The van der Waals surface area contributed by atoms with E-state index in [1.165, 1.54) is 18.0 Å². The molecule has 0 unspecified atom stereocenters. The van der Waals surface area contributed by atoms with Crippen LogP contribution in [0.2, 0.25) is 0 Å². The number of nitrogens with two attached hydrogens (primary N) is 1. The molecule has 1 amide bonds. The van der Waals surface area contributed by atoms with E-state index in [-0.39, 0.29) is 17.3 Å². The highest BCUT2D eigenvalue weighted by Crippen LogP contribution is 2.14. The average molecular weight is 304 g/mol. The third kappa shape index (κ3) is 3.85. The van der Waals surface area contributed by atoms with Gasteiger partial charge in [-0.1, -0.05) is 23.9 Å². The number of methoxy groups -OCH3 is 1. The summed E-state index contributed by atoms with van der Waals surface area (Å²) >= 11 is 1.37. The molecule has 2 aromatic rings. The number of nitrogens with one attached hydrogen (secondary N) is 1.